The highest BCUT2D eigenvalue weighted by Crippen LogP contribution is 2.37. The van der Waals surface area contributed by atoms with Gasteiger partial charge < -0.3 is 25.1 Å². The largest absolute Gasteiger partial charge is 0.354 e. The van der Waals surface area contributed by atoms with Crippen molar-refractivity contribution in [3.63, 3.8) is 0 Å². The van der Waals surface area contributed by atoms with Crippen molar-refractivity contribution in [2.45, 2.75) is 55.7 Å². The highest BCUT2D eigenvalue weighted by molar-refractivity contribution is 7.99. The van der Waals surface area contributed by atoms with Gasteiger partial charge in [0.05, 0.1) is 15.9 Å². The zero-order chi connectivity index (χ0) is 26.3. The number of aromatic nitrogens is 6. The Morgan fingerprint density at radius 2 is 2.11 bits per heavy atom. The highest BCUT2D eigenvalue weighted by atomic mass is 35.5. The van der Waals surface area contributed by atoms with Crippen molar-refractivity contribution < 1.29 is 0 Å². The minimum atomic E-state index is 0.119. The number of nitrogens with two attached hydrogens (primary N) is 1. The van der Waals surface area contributed by atoms with Crippen LogP contribution in [0.5, 0.6) is 0 Å². The van der Waals surface area contributed by atoms with E-state index in [1.165, 1.54) is 11.8 Å². The molecule has 0 amide bonds. The second kappa shape index (κ2) is 10.6. The van der Waals surface area contributed by atoms with E-state index in [9.17, 15) is 0 Å². The van der Waals surface area contributed by atoms with E-state index in [0.29, 0.717) is 26.7 Å². The molecule has 1 fully saturated rings. The van der Waals surface area contributed by atoms with E-state index in [0.717, 1.165) is 78.7 Å². The first-order valence-electron chi connectivity index (χ1n) is 12.6. The van der Waals surface area contributed by atoms with Crippen LogP contribution in [0.1, 0.15) is 31.3 Å². The number of hydrogen-bond donors (Lipinski definition) is 3. The molecule has 10 nitrogen and oxygen atoms in total. The molecule has 1 aliphatic rings. The Morgan fingerprint density at radius 3 is 2.81 bits per heavy atom. The molecule has 4 N–H and O–H groups in total. The number of aryl methyl sites for hydroxylation is 2. The fourth-order valence-electron chi connectivity index (χ4n) is 4.77. The van der Waals surface area contributed by atoms with Crippen LogP contribution in [0.2, 0.25) is 5.02 Å². The molecule has 37 heavy (non-hydrogen) atoms. The molecule has 0 aliphatic carbocycles. The maximum Gasteiger partial charge on any atom is 0.196 e. The van der Waals surface area contributed by atoms with Crippen LogP contribution >= 0.6 is 23.4 Å². The van der Waals surface area contributed by atoms with Crippen LogP contribution in [0.3, 0.4) is 0 Å². The SMILES string of the molecule is CCc1[nH]c2nc(Sc3cnc4c(=N)n(CCCN(C)C)c(C)nc4c3)nc(N3CCC(N)C3)c2c1Cl. The summed E-state index contributed by atoms with van der Waals surface area (Å²) in [6.45, 7) is 7.26. The van der Waals surface area contributed by atoms with Crippen LogP contribution in [-0.4, -0.2) is 74.2 Å². The predicted octanol–water partition coefficient (Wildman–Crippen LogP) is 3.35. The fraction of sp³-hybridized carbons (Fsp3) is 0.480. The Kier molecular flexibility index (Phi) is 7.39. The van der Waals surface area contributed by atoms with E-state index in [1.807, 2.05) is 17.6 Å². The number of rotatable bonds is 8. The van der Waals surface area contributed by atoms with Crippen LogP contribution in [-0.2, 0) is 13.0 Å². The number of pyridine rings is 1. The lowest BCUT2D eigenvalue weighted by Crippen LogP contribution is -2.27. The molecule has 0 spiro atoms. The Bertz CT molecular complexity index is 1510. The summed E-state index contributed by atoms with van der Waals surface area (Å²) < 4.78 is 1.93. The molecule has 0 saturated carbocycles. The number of aromatic amines is 1. The van der Waals surface area contributed by atoms with Crippen molar-refractivity contribution in [2.75, 3.05) is 38.6 Å². The topological polar surface area (TPSA) is 129 Å². The van der Waals surface area contributed by atoms with E-state index < -0.39 is 0 Å². The second-order valence-corrected chi connectivity index (χ2v) is 11.2. The van der Waals surface area contributed by atoms with Gasteiger partial charge in [0.1, 0.15) is 22.8 Å². The van der Waals surface area contributed by atoms with Crippen molar-refractivity contribution in [3.05, 3.63) is 34.3 Å². The van der Waals surface area contributed by atoms with Gasteiger partial charge in [-0.3, -0.25) is 5.41 Å². The number of hydrogen-bond acceptors (Lipinski definition) is 9. The van der Waals surface area contributed by atoms with Gasteiger partial charge in [0.15, 0.2) is 10.6 Å². The van der Waals surface area contributed by atoms with Gasteiger partial charge in [-0.05, 0) is 64.7 Å². The van der Waals surface area contributed by atoms with Gasteiger partial charge in [-0.2, -0.15) is 0 Å². The van der Waals surface area contributed by atoms with E-state index in [4.69, 9.17) is 37.7 Å². The maximum atomic E-state index is 8.71. The first kappa shape index (κ1) is 25.9. The Labute approximate surface area is 225 Å². The molecule has 4 aromatic rings. The summed E-state index contributed by atoms with van der Waals surface area (Å²) in [5.74, 6) is 1.62. The molecule has 4 aromatic heterocycles. The third kappa shape index (κ3) is 5.18. The molecule has 196 valence electrons. The summed E-state index contributed by atoms with van der Waals surface area (Å²) in [4.78, 5) is 27.7. The summed E-state index contributed by atoms with van der Waals surface area (Å²) in [5.41, 5.74) is 9.55. The first-order valence-corrected chi connectivity index (χ1v) is 13.8. The minimum absolute atomic E-state index is 0.119. The lowest BCUT2D eigenvalue weighted by molar-refractivity contribution is 0.382. The molecule has 12 heteroatoms. The Hall–Kier alpha value is -2.73. The van der Waals surface area contributed by atoms with Gasteiger partial charge in [0, 0.05) is 42.5 Å². The molecule has 5 heterocycles. The molecule has 0 radical (unpaired) electrons. The first-order chi connectivity index (χ1) is 17.7. The fourth-order valence-corrected chi connectivity index (χ4v) is 5.89. The van der Waals surface area contributed by atoms with Gasteiger partial charge in [-0.15, -0.1) is 0 Å². The van der Waals surface area contributed by atoms with Gasteiger partial charge in [0.25, 0.3) is 0 Å². The molecule has 5 rings (SSSR count). The quantitative estimate of drug-likeness (QED) is 0.290. The minimum Gasteiger partial charge on any atom is -0.354 e. The molecular formula is C25H33ClN10S. The predicted molar refractivity (Wildman–Crippen MR) is 148 cm³/mol. The van der Waals surface area contributed by atoms with Crippen molar-refractivity contribution in [3.8, 4) is 0 Å². The average molecular weight is 541 g/mol. The molecular weight excluding hydrogens is 508 g/mol. The van der Waals surface area contributed by atoms with Crippen LogP contribution in [0.25, 0.3) is 22.1 Å². The van der Waals surface area contributed by atoms with Crippen molar-refractivity contribution in [1.82, 2.24) is 34.4 Å². The van der Waals surface area contributed by atoms with Crippen molar-refractivity contribution in [2.24, 2.45) is 5.73 Å². The standard InChI is InChI=1S/C25H33ClN10S/c1-5-17-20(26)19-23(31-17)32-25(33-24(19)35-10-7-15(27)13-35)37-16-11-18-21(29-12-16)22(28)36(14(2)30-18)9-6-8-34(3)4/h11-12,15,28H,5-10,13,27H2,1-4H3,(H,31,32,33). The third-order valence-electron chi connectivity index (χ3n) is 6.71. The van der Waals surface area contributed by atoms with E-state index in [1.54, 1.807) is 6.20 Å². The summed E-state index contributed by atoms with van der Waals surface area (Å²) in [5, 5.41) is 10.8. The van der Waals surface area contributed by atoms with Crippen molar-refractivity contribution >= 4 is 51.2 Å². The molecule has 1 saturated heterocycles. The van der Waals surface area contributed by atoms with Crippen LogP contribution in [0.4, 0.5) is 5.82 Å². The van der Waals surface area contributed by atoms with E-state index >= 15 is 0 Å². The second-order valence-electron chi connectivity index (χ2n) is 9.78. The van der Waals surface area contributed by atoms with Gasteiger partial charge >= 0.3 is 0 Å². The number of nitrogens with one attached hydrogen (secondary N) is 2. The molecule has 0 aromatic carbocycles. The lowest BCUT2D eigenvalue weighted by atomic mass is 10.3. The monoisotopic (exact) mass is 540 g/mol. The molecule has 1 unspecified atom stereocenters. The maximum absolute atomic E-state index is 8.71. The van der Waals surface area contributed by atoms with Crippen LogP contribution < -0.4 is 16.1 Å². The molecule has 1 atom stereocenters. The Balaban J connectivity index is 1.49. The molecule has 0 bridgehead atoms. The molecule has 1 aliphatic heterocycles. The Morgan fingerprint density at radius 1 is 1.30 bits per heavy atom. The van der Waals surface area contributed by atoms with E-state index in [-0.39, 0.29) is 6.04 Å². The summed E-state index contributed by atoms with van der Waals surface area (Å²) >= 11 is 8.16. The van der Waals surface area contributed by atoms with Gasteiger partial charge in [0.2, 0.25) is 0 Å². The number of fused-ring (bicyclic) bond motifs is 2. The van der Waals surface area contributed by atoms with Crippen LogP contribution in [0, 0.1) is 12.3 Å². The normalized spacial score (nSPS) is 16.1. The van der Waals surface area contributed by atoms with Crippen LogP contribution in [0.15, 0.2) is 22.3 Å². The zero-order valence-electron chi connectivity index (χ0n) is 21.7. The summed E-state index contributed by atoms with van der Waals surface area (Å²) in [6.07, 6.45) is 4.41. The number of halogens is 1. The highest BCUT2D eigenvalue weighted by Gasteiger charge is 2.26. The smallest absolute Gasteiger partial charge is 0.196 e. The van der Waals surface area contributed by atoms with Gasteiger partial charge in [-0.1, -0.05) is 18.5 Å². The number of anilines is 1. The average Bonchev–Trinajstić information content (AvgIpc) is 3.43. The number of H-pyrrole nitrogens is 1. The third-order valence-corrected chi connectivity index (χ3v) is 7.95. The van der Waals surface area contributed by atoms with Gasteiger partial charge in [-0.25, -0.2) is 19.9 Å². The zero-order valence-corrected chi connectivity index (χ0v) is 23.2. The van der Waals surface area contributed by atoms with E-state index in [2.05, 4.69) is 40.8 Å². The number of nitrogens with zero attached hydrogens (tertiary/aromatic N) is 7. The lowest BCUT2D eigenvalue weighted by Gasteiger charge is -2.18. The van der Waals surface area contributed by atoms with Crippen molar-refractivity contribution in [1.29, 1.82) is 5.41 Å². The summed E-state index contributed by atoms with van der Waals surface area (Å²) in [7, 11) is 4.10. The summed E-state index contributed by atoms with van der Waals surface area (Å²) in [6, 6.07) is 2.08.